The van der Waals surface area contributed by atoms with Crippen LogP contribution in [-0.2, 0) is 19.1 Å². The van der Waals surface area contributed by atoms with E-state index in [0.29, 0.717) is 13.0 Å². The SMILES string of the molecule is CC(=O)OCC1CCCN1C(=O)[C@H](C)C[C@@H](C)C(=O)O. The number of carbonyl (C=O) groups excluding carboxylic acids is 2. The number of hydrogen-bond acceptors (Lipinski definition) is 4. The van der Waals surface area contributed by atoms with Crippen LogP contribution in [0.3, 0.4) is 0 Å². The van der Waals surface area contributed by atoms with Gasteiger partial charge in [0.05, 0.1) is 12.0 Å². The van der Waals surface area contributed by atoms with Crippen LogP contribution < -0.4 is 0 Å². The van der Waals surface area contributed by atoms with Crippen LogP contribution >= 0.6 is 0 Å². The van der Waals surface area contributed by atoms with Crippen molar-refractivity contribution in [3.8, 4) is 0 Å². The monoisotopic (exact) mass is 285 g/mol. The third-order valence-corrected chi connectivity index (χ3v) is 3.69. The first-order valence-corrected chi connectivity index (χ1v) is 6.99. The zero-order chi connectivity index (χ0) is 15.3. The number of esters is 1. The molecule has 6 heteroatoms. The van der Waals surface area contributed by atoms with E-state index in [-0.39, 0.29) is 30.4 Å². The zero-order valence-electron chi connectivity index (χ0n) is 12.3. The van der Waals surface area contributed by atoms with Gasteiger partial charge in [-0.15, -0.1) is 0 Å². The highest BCUT2D eigenvalue weighted by atomic mass is 16.5. The zero-order valence-corrected chi connectivity index (χ0v) is 12.3. The van der Waals surface area contributed by atoms with Gasteiger partial charge < -0.3 is 14.7 Å². The maximum Gasteiger partial charge on any atom is 0.306 e. The third kappa shape index (κ3) is 4.51. The molecule has 3 atom stereocenters. The molecule has 114 valence electrons. The van der Waals surface area contributed by atoms with E-state index < -0.39 is 11.9 Å². The highest BCUT2D eigenvalue weighted by molar-refractivity contribution is 5.80. The van der Waals surface area contributed by atoms with E-state index in [9.17, 15) is 14.4 Å². The topological polar surface area (TPSA) is 83.9 Å². The standard InChI is InChI=1S/C14H23NO5/c1-9(7-10(2)14(18)19)13(17)15-6-4-5-12(15)8-20-11(3)16/h9-10,12H,4-8H2,1-3H3,(H,18,19)/t9-,10-,12?/m1/s1. The fraction of sp³-hybridized carbons (Fsp3) is 0.786. The van der Waals surface area contributed by atoms with Crippen molar-refractivity contribution in [2.75, 3.05) is 13.2 Å². The number of ether oxygens (including phenoxy) is 1. The largest absolute Gasteiger partial charge is 0.481 e. The van der Waals surface area contributed by atoms with Crippen molar-refractivity contribution in [2.45, 2.75) is 46.1 Å². The van der Waals surface area contributed by atoms with E-state index >= 15 is 0 Å². The summed E-state index contributed by atoms with van der Waals surface area (Å²) in [5, 5.41) is 8.89. The molecule has 0 aromatic rings. The summed E-state index contributed by atoms with van der Waals surface area (Å²) >= 11 is 0. The molecule has 0 aromatic heterocycles. The molecular weight excluding hydrogens is 262 g/mol. The van der Waals surface area contributed by atoms with Gasteiger partial charge in [0.2, 0.25) is 5.91 Å². The second-order valence-corrected chi connectivity index (χ2v) is 5.51. The molecular formula is C14H23NO5. The Kier molecular flexibility index (Phi) is 5.98. The molecule has 1 aliphatic rings. The number of aliphatic carboxylic acids is 1. The van der Waals surface area contributed by atoms with E-state index in [0.717, 1.165) is 12.8 Å². The van der Waals surface area contributed by atoms with Gasteiger partial charge in [-0.1, -0.05) is 13.8 Å². The average Bonchev–Trinajstić information content (AvgIpc) is 2.83. The van der Waals surface area contributed by atoms with Crippen LogP contribution in [0.4, 0.5) is 0 Å². The molecule has 6 nitrogen and oxygen atoms in total. The maximum absolute atomic E-state index is 12.4. The highest BCUT2D eigenvalue weighted by Gasteiger charge is 2.33. The quantitative estimate of drug-likeness (QED) is 0.743. The summed E-state index contributed by atoms with van der Waals surface area (Å²) in [6.07, 6.45) is 2.03. The molecule has 0 spiro atoms. The van der Waals surface area contributed by atoms with E-state index in [4.69, 9.17) is 9.84 Å². The van der Waals surface area contributed by atoms with E-state index in [1.54, 1.807) is 18.7 Å². The second kappa shape index (κ2) is 7.26. The van der Waals surface area contributed by atoms with Crippen LogP contribution in [0.2, 0.25) is 0 Å². The minimum Gasteiger partial charge on any atom is -0.481 e. The summed E-state index contributed by atoms with van der Waals surface area (Å²) in [6.45, 7) is 5.58. The molecule has 1 fully saturated rings. The first-order chi connectivity index (χ1) is 9.32. The van der Waals surface area contributed by atoms with Gasteiger partial charge in [-0.3, -0.25) is 14.4 Å². The van der Waals surface area contributed by atoms with Crippen LogP contribution in [0, 0.1) is 11.8 Å². The number of carboxylic acids is 1. The van der Waals surface area contributed by atoms with Crippen molar-refractivity contribution >= 4 is 17.8 Å². The molecule has 0 saturated carbocycles. The molecule has 1 N–H and O–H groups in total. The van der Waals surface area contributed by atoms with Gasteiger partial charge in [0.15, 0.2) is 0 Å². The van der Waals surface area contributed by atoms with Crippen molar-refractivity contribution in [3.05, 3.63) is 0 Å². The van der Waals surface area contributed by atoms with Gasteiger partial charge >= 0.3 is 11.9 Å². The number of carboxylic acid groups (broad SMARTS) is 1. The van der Waals surface area contributed by atoms with E-state index in [1.165, 1.54) is 6.92 Å². The molecule has 20 heavy (non-hydrogen) atoms. The Morgan fingerprint density at radius 3 is 2.50 bits per heavy atom. The van der Waals surface area contributed by atoms with Gasteiger partial charge in [0.25, 0.3) is 0 Å². The lowest BCUT2D eigenvalue weighted by atomic mass is 9.96. The van der Waals surface area contributed by atoms with Gasteiger partial charge in [0.1, 0.15) is 6.61 Å². The Morgan fingerprint density at radius 1 is 1.30 bits per heavy atom. The lowest BCUT2D eigenvalue weighted by Gasteiger charge is -2.27. The first kappa shape index (κ1) is 16.5. The minimum atomic E-state index is -0.887. The van der Waals surface area contributed by atoms with Crippen LogP contribution in [0.15, 0.2) is 0 Å². The molecule has 0 aromatic carbocycles. The lowest BCUT2D eigenvalue weighted by molar-refractivity contribution is -0.147. The van der Waals surface area contributed by atoms with Crippen molar-refractivity contribution in [3.63, 3.8) is 0 Å². The molecule has 0 radical (unpaired) electrons. The number of carbonyl (C=O) groups is 3. The Hall–Kier alpha value is -1.59. The van der Waals surface area contributed by atoms with Crippen molar-refractivity contribution in [1.82, 2.24) is 4.90 Å². The minimum absolute atomic E-state index is 0.0484. The Morgan fingerprint density at radius 2 is 1.95 bits per heavy atom. The molecule has 1 aliphatic heterocycles. The predicted octanol–water partition coefficient (Wildman–Crippen LogP) is 1.29. The van der Waals surface area contributed by atoms with Gasteiger partial charge in [0, 0.05) is 19.4 Å². The van der Waals surface area contributed by atoms with E-state index in [2.05, 4.69) is 0 Å². The summed E-state index contributed by atoms with van der Waals surface area (Å²) in [4.78, 5) is 35.8. The molecule has 1 unspecified atom stereocenters. The Balaban J connectivity index is 2.55. The first-order valence-electron chi connectivity index (χ1n) is 6.99. The van der Waals surface area contributed by atoms with Crippen LogP contribution in [0.25, 0.3) is 0 Å². The van der Waals surface area contributed by atoms with Crippen molar-refractivity contribution in [1.29, 1.82) is 0 Å². The highest BCUT2D eigenvalue weighted by Crippen LogP contribution is 2.23. The molecule has 1 saturated heterocycles. The summed E-state index contributed by atoms with van der Waals surface area (Å²) in [7, 11) is 0. The van der Waals surface area contributed by atoms with Crippen molar-refractivity contribution in [2.24, 2.45) is 11.8 Å². The second-order valence-electron chi connectivity index (χ2n) is 5.51. The smallest absolute Gasteiger partial charge is 0.306 e. The fourth-order valence-corrected chi connectivity index (χ4v) is 2.53. The number of amides is 1. The number of nitrogens with zero attached hydrogens (tertiary/aromatic N) is 1. The van der Waals surface area contributed by atoms with Gasteiger partial charge in [-0.2, -0.15) is 0 Å². The number of likely N-dealkylation sites (tertiary alicyclic amines) is 1. The van der Waals surface area contributed by atoms with Crippen LogP contribution in [-0.4, -0.2) is 47.0 Å². The summed E-state index contributed by atoms with van der Waals surface area (Å²) in [5.41, 5.74) is 0. The summed E-state index contributed by atoms with van der Waals surface area (Å²) in [5.74, 6) is -2.16. The van der Waals surface area contributed by atoms with Crippen molar-refractivity contribution < 1.29 is 24.2 Å². The predicted molar refractivity (Wildman–Crippen MR) is 71.9 cm³/mol. The lowest BCUT2D eigenvalue weighted by Crippen LogP contribution is -2.42. The molecule has 1 heterocycles. The summed E-state index contributed by atoms with van der Waals surface area (Å²) in [6, 6.07) is -0.0750. The van der Waals surface area contributed by atoms with E-state index in [1.807, 2.05) is 0 Å². The average molecular weight is 285 g/mol. The third-order valence-electron chi connectivity index (χ3n) is 3.69. The molecule has 1 amide bonds. The summed E-state index contributed by atoms with van der Waals surface area (Å²) < 4.78 is 4.98. The van der Waals surface area contributed by atoms with Crippen LogP contribution in [0.5, 0.6) is 0 Å². The number of rotatable bonds is 6. The normalized spacial score (nSPS) is 21.4. The molecule has 1 rings (SSSR count). The van der Waals surface area contributed by atoms with Crippen LogP contribution in [0.1, 0.15) is 40.0 Å². The molecule has 0 bridgehead atoms. The van der Waals surface area contributed by atoms with Gasteiger partial charge in [-0.25, -0.2) is 0 Å². The molecule has 0 aliphatic carbocycles. The Bertz CT molecular complexity index is 382. The van der Waals surface area contributed by atoms with Gasteiger partial charge in [-0.05, 0) is 19.3 Å². The maximum atomic E-state index is 12.4. The Labute approximate surface area is 119 Å². The number of hydrogen-bond donors (Lipinski definition) is 1. The fourth-order valence-electron chi connectivity index (χ4n) is 2.53.